The number of esters is 1. The summed E-state index contributed by atoms with van der Waals surface area (Å²) in [4.78, 5) is 36.8. The fourth-order valence-electron chi connectivity index (χ4n) is 3.00. The molecule has 1 fully saturated rings. The molecular weight excluding hydrogens is 400 g/mol. The first-order valence-corrected chi connectivity index (χ1v) is 9.75. The molecule has 0 saturated carbocycles. The zero-order valence-corrected chi connectivity index (χ0v) is 17.9. The number of rotatable bonds is 7. The highest BCUT2D eigenvalue weighted by atomic mass is 16.6. The van der Waals surface area contributed by atoms with Crippen LogP contribution in [0, 0.1) is 13.8 Å². The van der Waals surface area contributed by atoms with E-state index < -0.39 is 17.8 Å². The second-order valence-electron chi connectivity index (χ2n) is 6.91. The molecular formula is C23H24N2O6. The van der Waals surface area contributed by atoms with Crippen molar-refractivity contribution < 1.29 is 28.6 Å². The molecule has 0 aliphatic carbocycles. The van der Waals surface area contributed by atoms with Gasteiger partial charge in [-0.25, -0.2) is 9.80 Å². The monoisotopic (exact) mass is 424 g/mol. The highest BCUT2D eigenvalue weighted by Gasteiger charge is 2.34. The maximum atomic E-state index is 12.8. The Morgan fingerprint density at radius 3 is 2.52 bits per heavy atom. The van der Waals surface area contributed by atoms with E-state index in [2.05, 4.69) is 5.43 Å². The van der Waals surface area contributed by atoms with Gasteiger partial charge < -0.3 is 14.2 Å². The number of carbonyl (C=O) groups is 3. The highest BCUT2D eigenvalue weighted by Crippen LogP contribution is 2.30. The maximum Gasteiger partial charge on any atom is 0.344 e. The van der Waals surface area contributed by atoms with Gasteiger partial charge in [0.25, 0.3) is 11.8 Å². The Labute approximate surface area is 180 Å². The van der Waals surface area contributed by atoms with Crippen LogP contribution in [-0.2, 0) is 19.1 Å². The van der Waals surface area contributed by atoms with E-state index in [0.29, 0.717) is 22.7 Å². The number of benzene rings is 2. The fourth-order valence-corrected chi connectivity index (χ4v) is 3.00. The lowest BCUT2D eigenvalue weighted by molar-refractivity contribution is -0.145. The topological polar surface area (TPSA) is 94.2 Å². The molecule has 0 unspecified atom stereocenters. The van der Waals surface area contributed by atoms with Gasteiger partial charge in [-0.15, -0.1) is 0 Å². The second-order valence-corrected chi connectivity index (χ2v) is 6.91. The number of anilines is 1. The second kappa shape index (κ2) is 9.34. The molecule has 1 saturated heterocycles. The van der Waals surface area contributed by atoms with Crippen molar-refractivity contribution in [3.63, 3.8) is 0 Å². The summed E-state index contributed by atoms with van der Waals surface area (Å²) in [5, 5.41) is 1.23. The van der Waals surface area contributed by atoms with Gasteiger partial charge in [0.05, 0.1) is 19.4 Å². The number of amides is 2. The third-order valence-corrected chi connectivity index (χ3v) is 4.79. The van der Waals surface area contributed by atoms with E-state index in [4.69, 9.17) is 14.2 Å². The molecule has 8 nitrogen and oxygen atoms in total. The molecule has 0 radical (unpaired) electrons. The molecule has 2 aromatic carbocycles. The molecule has 1 aliphatic heterocycles. The maximum absolute atomic E-state index is 12.8. The quantitative estimate of drug-likeness (QED) is 0.417. The van der Waals surface area contributed by atoms with Gasteiger partial charge in [-0.2, -0.15) is 0 Å². The van der Waals surface area contributed by atoms with Crippen LogP contribution in [0.1, 0.15) is 23.6 Å². The van der Waals surface area contributed by atoms with Crippen LogP contribution in [0.3, 0.4) is 0 Å². The van der Waals surface area contributed by atoms with Crippen LogP contribution >= 0.6 is 0 Å². The average molecular weight is 424 g/mol. The SMILES string of the molecule is CCOC(=O)COc1ccc(/C=C2/C(=O)NN(c3ccc(C)c(C)c3)C2=O)cc1OC. The van der Waals surface area contributed by atoms with E-state index in [1.807, 2.05) is 26.0 Å². The van der Waals surface area contributed by atoms with Crippen molar-refractivity contribution in [1.29, 1.82) is 0 Å². The largest absolute Gasteiger partial charge is 0.493 e. The normalized spacial score (nSPS) is 14.6. The van der Waals surface area contributed by atoms with Crippen LogP contribution < -0.4 is 19.9 Å². The lowest BCUT2D eigenvalue weighted by atomic mass is 10.1. The van der Waals surface area contributed by atoms with Crippen LogP contribution in [0.15, 0.2) is 42.0 Å². The first-order chi connectivity index (χ1) is 14.8. The van der Waals surface area contributed by atoms with Crippen LogP contribution in [0.25, 0.3) is 6.08 Å². The van der Waals surface area contributed by atoms with Crippen LogP contribution in [-0.4, -0.2) is 38.1 Å². The summed E-state index contributed by atoms with van der Waals surface area (Å²) in [6.45, 7) is 5.64. The van der Waals surface area contributed by atoms with Crippen molar-refractivity contribution in [3.05, 3.63) is 58.7 Å². The summed E-state index contributed by atoms with van der Waals surface area (Å²) >= 11 is 0. The Kier molecular flexibility index (Phi) is 6.59. The summed E-state index contributed by atoms with van der Waals surface area (Å²) in [6.07, 6.45) is 1.48. The van der Waals surface area contributed by atoms with Crippen molar-refractivity contribution in [2.45, 2.75) is 20.8 Å². The minimum Gasteiger partial charge on any atom is -0.493 e. The standard InChI is InChI=1S/C23H24N2O6/c1-5-30-21(26)13-31-19-9-7-16(12-20(19)29-4)11-18-22(27)24-25(23(18)28)17-8-6-14(2)15(3)10-17/h6-12H,5,13H2,1-4H3,(H,24,27)/b18-11-. The number of methoxy groups -OCH3 is 1. The Balaban J connectivity index is 1.82. The van der Waals surface area contributed by atoms with Crippen molar-refractivity contribution in [2.24, 2.45) is 0 Å². The molecule has 2 aromatic rings. The van der Waals surface area contributed by atoms with E-state index in [-0.39, 0.29) is 18.8 Å². The number of carbonyl (C=O) groups excluding carboxylic acids is 3. The molecule has 31 heavy (non-hydrogen) atoms. The lowest BCUT2D eigenvalue weighted by Crippen LogP contribution is -2.35. The predicted octanol–water partition coefficient (Wildman–Crippen LogP) is 2.72. The number of hydrazine groups is 1. The molecule has 0 bridgehead atoms. The lowest BCUT2D eigenvalue weighted by Gasteiger charge is -2.16. The Hall–Kier alpha value is -3.81. The number of ether oxygens (including phenoxy) is 3. The Morgan fingerprint density at radius 1 is 1.06 bits per heavy atom. The molecule has 3 rings (SSSR count). The minimum absolute atomic E-state index is 0.000438. The van der Waals surface area contributed by atoms with Gasteiger partial charge in [-0.3, -0.25) is 15.0 Å². The van der Waals surface area contributed by atoms with Crippen molar-refractivity contribution >= 4 is 29.5 Å². The molecule has 1 heterocycles. The van der Waals surface area contributed by atoms with Crippen molar-refractivity contribution in [1.82, 2.24) is 5.43 Å². The molecule has 8 heteroatoms. The number of hydrogen-bond acceptors (Lipinski definition) is 6. The molecule has 2 amide bonds. The van der Waals surface area contributed by atoms with Crippen molar-refractivity contribution in [2.75, 3.05) is 25.3 Å². The molecule has 1 aliphatic rings. The van der Waals surface area contributed by atoms with E-state index >= 15 is 0 Å². The molecule has 162 valence electrons. The van der Waals surface area contributed by atoms with E-state index in [1.54, 1.807) is 31.2 Å². The third-order valence-electron chi connectivity index (χ3n) is 4.79. The predicted molar refractivity (Wildman–Crippen MR) is 115 cm³/mol. The van der Waals surface area contributed by atoms with E-state index in [9.17, 15) is 14.4 Å². The van der Waals surface area contributed by atoms with Gasteiger partial charge in [-0.1, -0.05) is 12.1 Å². The van der Waals surface area contributed by atoms with Crippen LogP contribution in [0.2, 0.25) is 0 Å². The number of aryl methyl sites for hydroxylation is 2. The third kappa shape index (κ3) is 4.85. The summed E-state index contributed by atoms with van der Waals surface area (Å²) in [7, 11) is 1.46. The highest BCUT2D eigenvalue weighted by molar-refractivity contribution is 6.31. The van der Waals surface area contributed by atoms with Gasteiger partial charge in [0.2, 0.25) is 0 Å². The van der Waals surface area contributed by atoms with Crippen LogP contribution in [0.4, 0.5) is 5.69 Å². The van der Waals surface area contributed by atoms with Gasteiger partial charge in [0.1, 0.15) is 5.57 Å². The zero-order valence-electron chi connectivity index (χ0n) is 17.9. The zero-order chi connectivity index (χ0) is 22.5. The first kappa shape index (κ1) is 21.9. The minimum atomic E-state index is -0.496. The van der Waals surface area contributed by atoms with Gasteiger partial charge >= 0.3 is 5.97 Å². The van der Waals surface area contributed by atoms with Gasteiger partial charge in [0.15, 0.2) is 18.1 Å². The number of nitrogens with one attached hydrogen (secondary N) is 1. The molecule has 0 aromatic heterocycles. The van der Waals surface area contributed by atoms with E-state index in [1.165, 1.54) is 18.2 Å². The summed E-state index contributed by atoms with van der Waals surface area (Å²) < 4.78 is 15.6. The summed E-state index contributed by atoms with van der Waals surface area (Å²) in [5.74, 6) is -0.734. The molecule has 1 N–H and O–H groups in total. The van der Waals surface area contributed by atoms with Gasteiger partial charge in [0, 0.05) is 0 Å². The first-order valence-electron chi connectivity index (χ1n) is 9.75. The summed E-state index contributed by atoms with van der Waals surface area (Å²) in [5.41, 5.74) is 5.86. The van der Waals surface area contributed by atoms with Crippen molar-refractivity contribution in [3.8, 4) is 11.5 Å². The number of hydrogen-bond donors (Lipinski definition) is 1. The van der Waals surface area contributed by atoms with E-state index in [0.717, 1.165) is 11.1 Å². The smallest absolute Gasteiger partial charge is 0.344 e. The fraction of sp³-hybridized carbons (Fsp3) is 0.261. The van der Waals surface area contributed by atoms with Crippen LogP contribution in [0.5, 0.6) is 11.5 Å². The molecule has 0 spiro atoms. The molecule has 0 atom stereocenters. The van der Waals surface area contributed by atoms with Gasteiger partial charge in [-0.05, 0) is 67.8 Å². The Morgan fingerprint density at radius 2 is 1.84 bits per heavy atom. The average Bonchev–Trinajstić information content (AvgIpc) is 3.03. The number of nitrogens with zero attached hydrogens (tertiary/aromatic N) is 1. The Bertz CT molecular complexity index is 1060. The summed E-state index contributed by atoms with van der Waals surface area (Å²) in [6, 6.07) is 10.4.